The summed E-state index contributed by atoms with van der Waals surface area (Å²) in [7, 11) is 1.82. The van der Waals surface area contributed by atoms with Crippen molar-refractivity contribution in [3.63, 3.8) is 0 Å². The molecule has 0 heterocycles. The lowest BCUT2D eigenvalue weighted by molar-refractivity contribution is -0.109. The van der Waals surface area contributed by atoms with Crippen molar-refractivity contribution in [2.45, 2.75) is 6.42 Å². The zero-order chi connectivity index (χ0) is 7.66. The first kappa shape index (κ1) is 9.39. The van der Waals surface area contributed by atoms with Gasteiger partial charge in [-0.05, 0) is 13.5 Å². The fourth-order valence-corrected chi connectivity index (χ4v) is 0.509. The van der Waals surface area contributed by atoms with Gasteiger partial charge in [-0.25, -0.2) is 0 Å². The third-order valence-electron chi connectivity index (χ3n) is 0.940. The molecule has 60 valence electrons. The smallest absolute Gasteiger partial charge is 0.207 e. The van der Waals surface area contributed by atoms with E-state index in [0.29, 0.717) is 26.3 Å². The van der Waals surface area contributed by atoms with Crippen molar-refractivity contribution in [1.29, 1.82) is 0 Å². The quantitative estimate of drug-likeness (QED) is 0.284. The first-order chi connectivity index (χ1) is 4.91. The van der Waals surface area contributed by atoms with Crippen LogP contribution in [0.15, 0.2) is 0 Å². The Bertz CT molecular complexity index is 78.1. The lowest BCUT2D eigenvalue weighted by Gasteiger charge is -2.01. The molecule has 0 unspecified atom stereocenters. The predicted octanol–water partition coefficient (Wildman–Crippen LogP) is -0.684. The van der Waals surface area contributed by atoms with Crippen LogP contribution in [-0.4, -0.2) is 33.3 Å². The average molecular weight is 146 g/mol. The summed E-state index contributed by atoms with van der Waals surface area (Å²) in [6.45, 7) is 1.94. The number of hydrogen-bond donors (Lipinski definition) is 2. The number of nitrogens with one attached hydrogen (secondary N) is 2. The van der Waals surface area contributed by atoms with Crippen molar-refractivity contribution >= 4 is 6.41 Å². The highest BCUT2D eigenvalue weighted by Gasteiger charge is 1.84. The number of ether oxygens (including phenoxy) is 1. The van der Waals surface area contributed by atoms with Crippen LogP contribution in [-0.2, 0) is 9.53 Å². The minimum atomic E-state index is 0.571. The van der Waals surface area contributed by atoms with Crippen molar-refractivity contribution in [1.82, 2.24) is 10.6 Å². The van der Waals surface area contributed by atoms with E-state index in [1.807, 2.05) is 7.05 Å². The van der Waals surface area contributed by atoms with E-state index < -0.39 is 0 Å². The molecule has 0 aromatic rings. The second-order valence-corrected chi connectivity index (χ2v) is 1.83. The van der Waals surface area contributed by atoms with E-state index in [1.165, 1.54) is 0 Å². The summed E-state index contributed by atoms with van der Waals surface area (Å²) in [5.74, 6) is 0. The molecule has 0 saturated carbocycles. The van der Waals surface area contributed by atoms with Gasteiger partial charge in [0, 0.05) is 6.54 Å². The lowest BCUT2D eigenvalue weighted by atomic mass is 10.4. The van der Waals surface area contributed by atoms with Gasteiger partial charge in [0.2, 0.25) is 6.41 Å². The monoisotopic (exact) mass is 146 g/mol. The largest absolute Gasteiger partial charge is 0.366 e. The van der Waals surface area contributed by atoms with E-state index in [9.17, 15) is 4.79 Å². The van der Waals surface area contributed by atoms with Crippen molar-refractivity contribution in [3.05, 3.63) is 0 Å². The van der Waals surface area contributed by atoms with E-state index in [-0.39, 0.29) is 0 Å². The molecule has 0 bridgehead atoms. The van der Waals surface area contributed by atoms with Gasteiger partial charge in [-0.2, -0.15) is 0 Å². The van der Waals surface area contributed by atoms with Gasteiger partial charge in [0.15, 0.2) is 0 Å². The molecular weight excluding hydrogens is 132 g/mol. The third-order valence-corrected chi connectivity index (χ3v) is 0.940. The molecule has 0 rings (SSSR count). The summed E-state index contributed by atoms with van der Waals surface area (Å²) in [4.78, 5) is 9.73. The molecular formula is C6H14N2O2. The molecule has 0 radical (unpaired) electrons. The summed E-state index contributed by atoms with van der Waals surface area (Å²) in [5.41, 5.74) is 0. The third kappa shape index (κ3) is 7.39. The van der Waals surface area contributed by atoms with Gasteiger partial charge in [0.25, 0.3) is 0 Å². The van der Waals surface area contributed by atoms with Gasteiger partial charge in [-0.3, -0.25) is 10.1 Å². The molecule has 0 aliphatic carbocycles. The lowest BCUT2D eigenvalue weighted by Crippen LogP contribution is -2.17. The first-order valence-corrected chi connectivity index (χ1v) is 3.31. The molecule has 0 aromatic carbocycles. The van der Waals surface area contributed by atoms with Crippen LogP contribution in [0.1, 0.15) is 6.42 Å². The Kier molecular flexibility index (Phi) is 7.88. The molecule has 2 N–H and O–H groups in total. The van der Waals surface area contributed by atoms with Crippen LogP contribution in [0.3, 0.4) is 0 Å². The maximum Gasteiger partial charge on any atom is 0.207 e. The molecule has 0 fully saturated rings. The van der Waals surface area contributed by atoms with Crippen LogP contribution in [0.4, 0.5) is 0 Å². The van der Waals surface area contributed by atoms with Gasteiger partial charge in [0.05, 0.1) is 13.3 Å². The highest BCUT2D eigenvalue weighted by Crippen LogP contribution is 1.76. The van der Waals surface area contributed by atoms with Crippen LogP contribution >= 0.6 is 0 Å². The van der Waals surface area contributed by atoms with E-state index in [0.717, 1.165) is 6.42 Å². The Morgan fingerprint density at radius 3 is 3.00 bits per heavy atom. The molecule has 10 heavy (non-hydrogen) atoms. The summed E-state index contributed by atoms with van der Waals surface area (Å²) in [6, 6.07) is 0. The molecule has 0 aliphatic rings. The average Bonchev–Trinajstić information content (AvgIpc) is 1.97. The minimum absolute atomic E-state index is 0.571. The van der Waals surface area contributed by atoms with Crippen molar-refractivity contribution in [3.8, 4) is 0 Å². The van der Waals surface area contributed by atoms with Crippen molar-refractivity contribution in [2.75, 3.05) is 26.9 Å². The Balaban J connectivity index is 2.70. The summed E-state index contributed by atoms with van der Waals surface area (Å²) < 4.78 is 5.06. The van der Waals surface area contributed by atoms with Crippen molar-refractivity contribution < 1.29 is 9.53 Å². The van der Waals surface area contributed by atoms with Gasteiger partial charge < -0.3 is 10.1 Å². The maximum absolute atomic E-state index is 9.73. The predicted molar refractivity (Wildman–Crippen MR) is 38.6 cm³/mol. The highest BCUT2D eigenvalue weighted by atomic mass is 16.5. The van der Waals surface area contributed by atoms with Gasteiger partial charge >= 0.3 is 0 Å². The molecule has 4 nitrogen and oxygen atoms in total. The zero-order valence-corrected chi connectivity index (χ0v) is 6.22. The van der Waals surface area contributed by atoms with E-state index in [1.54, 1.807) is 0 Å². The maximum atomic E-state index is 9.73. The summed E-state index contributed by atoms with van der Waals surface area (Å²) in [5, 5.41) is 5.39. The van der Waals surface area contributed by atoms with E-state index in [2.05, 4.69) is 10.6 Å². The van der Waals surface area contributed by atoms with Gasteiger partial charge in [-0.15, -0.1) is 0 Å². The van der Waals surface area contributed by atoms with Crippen LogP contribution in [0.5, 0.6) is 0 Å². The number of hydrogen-bond acceptors (Lipinski definition) is 3. The van der Waals surface area contributed by atoms with Gasteiger partial charge in [0.1, 0.15) is 0 Å². The highest BCUT2D eigenvalue weighted by molar-refractivity contribution is 5.45. The standard InChI is InChI=1S/C6H14N2O2/c1-7-6-10-4-2-3-8-5-9/h5,7H,2-4,6H2,1H3,(H,8,9). The zero-order valence-electron chi connectivity index (χ0n) is 6.22. The summed E-state index contributed by atoms with van der Waals surface area (Å²) in [6.07, 6.45) is 1.55. The summed E-state index contributed by atoms with van der Waals surface area (Å²) >= 11 is 0. The van der Waals surface area contributed by atoms with E-state index >= 15 is 0 Å². The number of amides is 1. The molecule has 0 saturated heterocycles. The van der Waals surface area contributed by atoms with Crippen LogP contribution in [0.2, 0.25) is 0 Å². The Morgan fingerprint density at radius 1 is 1.60 bits per heavy atom. The molecule has 0 aromatic heterocycles. The minimum Gasteiger partial charge on any atom is -0.366 e. The van der Waals surface area contributed by atoms with Crippen LogP contribution in [0, 0.1) is 0 Å². The first-order valence-electron chi connectivity index (χ1n) is 3.31. The van der Waals surface area contributed by atoms with E-state index in [4.69, 9.17) is 4.74 Å². The molecule has 0 spiro atoms. The SMILES string of the molecule is CNCOCCCNC=O. The fraction of sp³-hybridized carbons (Fsp3) is 0.833. The molecule has 1 amide bonds. The normalized spacial score (nSPS) is 9.30. The second kappa shape index (κ2) is 8.39. The van der Waals surface area contributed by atoms with Crippen molar-refractivity contribution in [2.24, 2.45) is 0 Å². The second-order valence-electron chi connectivity index (χ2n) is 1.83. The number of carbonyl (C=O) groups excluding carboxylic acids is 1. The molecule has 0 aliphatic heterocycles. The topological polar surface area (TPSA) is 50.4 Å². The van der Waals surface area contributed by atoms with Gasteiger partial charge in [-0.1, -0.05) is 0 Å². The molecule has 0 atom stereocenters. The number of rotatable bonds is 7. The Hall–Kier alpha value is -0.610. The Labute approximate surface area is 60.9 Å². The van der Waals surface area contributed by atoms with Crippen LogP contribution < -0.4 is 10.6 Å². The number of carbonyl (C=O) groups is 1. The molecule has 4 heteroatoms. The fourth-order valence-electron chi connectivity index (χ4n) is 0.509. The Morgan fingerprint density at radius 2 is 2.40 bits per heavy atom. The van der Waals surface area contributed by atoms with Crippen LogP contribution in [0.25, 0.3) is 0 Å².